The van der Waals surface area contributed by atoms with Crippen LogP contribution in [0.25, 0.3) is 0 Å². The van der Waals surface area contributed by atoms with E-state index in [4.69, 9.17) is 10.4 Å². The first-order valence-corrected chi connectivity index (χ1v) is 5.84. The lowest BCUT2D eigenvalue weighted by molar-refractivity contribution is -0.142. The first-order chi connectivity index (χ1) is 8.63. The molecule has 1 fully saturated rings. The maximum atomic E-state index is 11.0. The van der Waals surface area contributed by atoms with Gasteiger partial charge in [-0.15, -0.1) is 0 Å². The maximum Gasteiger partial charge on any atom is 0.306 e. The van der Waals surface area contributed by atoms with Gasteiger partial charge in [-0.3, -0.25) is 4.79 Å². The van der Waals surface area contributed by atoms with Crippen molar-refractivity contribution < 1.29 is 9.90 Å². The van der Waals surface area contributed by atoms with Crippen molar-refractivity contribution in [3.8, 4) is 6.07 Å². The van der Waals surface area contributed by atoms with Crippen molar-refractivity contribution in [2.24, 2.45) is 5.92 Å². The predicted octanol–water partition coefficient (Wildman–Crippen LogP) is 1.04. The van der Waals surface area contributed by atoms with Gasteiger partial charge in [0.25, 0.3) is 0 Å². The Labute approximate surface area is 105 Å². The molecular weight excluding hydrogens is 232 g/mol. The van der Waals surface area contributed by atoms with Crippen molar-refractivity contribution in [3.63, 3.8) is 0 Å². The SMILES string of the molecule is CC1CC(C(=O)O)CCN1c1nccnc1C#N. The molecule has 0 radical (unpaired) electrons. The van der Waals surface area contributed by atoms with Crippen molar-refractivity contribution in [1.82, 2.24) is 9.97 Å². The molecule has 0 aliphatic carbocycles. The zero-order chi connectivity index (χ0) is 13.1. The summed E-state index contributed by atoms with van der Waals surface area (Å²) in [6.07, 6.45) is 4.17. The van der Waals surface area contributed by atoms with Crippen LogP contribution in [-0.4, -0.2) is 33.6 Å². The molecule has 1 aliphatic rings. The third kappa shape index (κ3) is 2.25. The normalized spacial score (nSPS) is 23.4. The van der Waals surface area contributed by atoms with E-state index in [-0.39, 0.29) is 17.7 Å². The highest BCUT2D eigenvalue weighted by atomic mass is 16.4. The predicted molar refractivity (Wildman–Crippen MR) is 63.9 cm³/mol. The number of piperidine rings is 1. The molecular formula is C12H14N4O2. The Kier molecular flexibility index (Phi) is 3.42. The van der Waals surface area contributed by atoms with Crippen molar-refractivity contribution in [1.29, 1.82) is 5.26 Å². The van der Waals surface area contributed by atoms with Gasteiger partial charge >= 0.3 is 5.97 Å². The zero-order valence-electron chi connectivity index (χ0n) is 10.1. The van der Waals surface area contributed by atoms with E-state index in [0.29, 0.717) is 25.2 Å². The molecule has 2 heterocycles. The Balaban J connectivity index is 2.21. The Morgan fingerprint density at radius 3 is 2.89 bits per heavy atom. The number of hydrogen-bond acceptors (Lipinski definition) is 5. The number of carboxylic acids is 1. The number of anilines is 1. The van der Waals surface area contributed by atoms with Crippen LogP contribution in [0.5, 0.6) is 0 Å². The largest absolute Gasteiger partial charge is 0.481 e. The van der Waals surface area contributed by atoms with Gasteiger partial charge < -0.3 is 10.0 Å². The highest BCUT2D eigenvalue weighted by Crippen LogP contribution is 2.27. The number of aliphatic carboxylic acids is 1. The molecule has 1 saturated heterocycles. The third-order valence-electron chi connectivity index (χ3n) is 3.28. The molecule has 94 valence electrons. The quantitative estimate of drug-likeness (QED) is 0.838. The summed E-state index contributed by atoms with van der Waals surface area (Å²) in [5.74, 6) is -0.504. The van der Waals surface area contributed by atoms with E-state index in [1.165, 1.54) is 6.20 Å². The van der Waals surface area contributed by atoms with Gasteiger partial charge in [0.15, 0.2) is 11.5 Å². The number of aromatic nitrogens is 2. The van der Waals surface area contributed by atoms with E-state index in [1.54, 1.807) is 6.20 Å². The minimum absolute atomic E-state index is 0.0450. The number of hydrogen-bond donors (Lipinski definition) is 1. The molecule has 0 spiro atoms. The van der Waals surface area contributed by atoms with Crippen molar-refractivity contribution in [3.05, 3.63) is 18.1 Å². The van der Waals surface area contributed by atoms with Crippen molar-refractivity contribution in [2.45, 2.75) is 25.8 Å². The standard InChI is InChI=1S/C12H14N4O2/c1-8-6-9(12(17)18)2-5-16(8)11-10(7-13)14-3-4-15-11/h3-4,8-9H,2,5-6H2,1H3,(H,17,18). The summed E-state index contributed by atoms with van der Waals surface area (Å²) in [5.41, 5.74) is 0.290. The first-order valence-electron chi connectivity index (χ1n) is 5.84. The molecule has 2 unspecified atom stereocenters. The molecule has 2 rings (SSSR count). The minimum atomic E-state index is -0.749. The fourth-order valence-corrected chi connectivity index (χ4v) is 2.33. The summed E-state index contributed by atoms with van der Waals surface area (Å²) in [6, 6.07) is 2.06. The molecule has 1 aliphatic heterocycles. The molecule has 6 nitrogen and oxygen atoms in total. The fourth-order valence-electron chi connectivity index (χ4n) is 2.33. The summed E-state index contributed by atoms with van der Waals surface area (Å²) in [5, 5.41) is 18.0. The van der Waals surface area contributed by atoms with E-state index in [1.807, 2.05) is 17.9 Å². The average Bonchev–Trinajstić information content (AvgIpc) is 2.38. The fraction of sp³-hybridized carbons (Fsp3) is 0.500. The van der Waals surface area contributed by atoms with Crippen LogP contribution in [0, 0.1) is 17.2 Å². The molecule has 0 saturated carbocycles. The second kappa shape index (κ2) is 5.00. The summed E-state index contributed by atoms with van der Waals surface area (Å²) < 4.78 is 0. The summed E-state index contributed by atoms with van der Waals surface area (Å²) in [4.78, 5) is 21.1. The van der Waals surface area contributed by atoms with Gasteiger partial charge in [-0.1, -0.05) is 0 Å². The number of carbonyl (C=O) groups is 1. The lowest BCUT2D eigenvalue weighted by atomic mass is 9.91. The summed E-state index contributed by atoms with van der Waals surface area (Å²) in [6.45, 7) is 2.54. The molecule has 18 heavy (non-hydrogen) atoms. The number of rotatable bonds is 2. The van der Waals surface area contributed by atoms with Crippen LogP contribution in [0.15, 0.2) is 12.4 Å². The van der Waals surface area contributed by atoms with Gasteiger partial charge in [0.05, 0.1) is 5.92 Å². The van der Waals surface area contributed by atoms with Crippen molar-refractivity contribution >= 4 is 11.8 Å². The van der Waals surface area contributed by atoms with Gasteiger partial charge in [-0.2, -0.15) is 5.26 Å². The number of nitrogens with zero attached hydrogens (tertiary/aromatic N) is 4. The van der Waals surface area contributed by atoms with Crippen molar-refractivity contribution in [2.75, 3.05) is 11.4 Å². The zero-order valence-corrected chi connectivity index (χ0v) is 10.1. The lowest BCUT2D eigenvalue weighted by Gasteiger charge is -2.37. The van der Waals surface area contributed by atoms with Crippen LogP contribution < -0.4 is 4.90 Å². The monoisotopic (exact) mass is 246 g/mol. The first kappa shape index (κ1) is 12.3. The Hall–Kier alpha value is -2.16. The molecule has 2 atom stereocenters. The third-order valence-corrected chi connectivity index (χ3v) is 3.28. The van der Waals surface area contributed by atoms with Gasteiger partial charge in [0.1, 0.15) is 6.07 Å². The van der Waals surface area contributed by atoms with Crippen LogP contribution in [0.4, 0.5) is 5.82 Å². The molecule has 1 N–H and O–H groups in total. The molecule has 6 heteroatoms. The summed E-state index contributed by atoms with van der Waals surface area (Å²) >= 11 is 0. The van der Waals surface area contributed by atoms with E-state index in [2.05, 4.69) is 9.97 Å². The van der Waals surface area contributed by atoms with E-state index in [9.17, 15) is 4.79 Å². The Morgan fingerprint density at radius 2 is 2.28 bits per heavy atom. The van der Waals surface area contributed by atoms with Gasteiger partial charge in [0, 0.05) is 25.0 Å². The van der Waals surface area contributed by atoms with Gasteiger partial charge in [0.2, 0.25) is 0 Å². The highest BCUT2D eigenvalue weighted by molar-refractivity contribution is 5.70. The molecule has 1 aromatic rings. The van der Waals surface area contributed by atoms with Gasteiger partial charge in [-0.05, 0) is 19.8 Å². The Bertz CT molecular complexity index is 497. The summed E-state index contributed by atoms with van der Waals surface area (Å²) in [7, 11) is 0. The van der Waals surface area contributed by atoms with Crippen LogP contribution in [0.1, 0.15) is 25.5 Å². The van der Waals surface area contributed by atoms with E-state index in [0.717, 1.165) is 0 Å². The Morgan fingerprint density at radius 1 is 1.56 bits per heavy atom. The van der Waals surface area contributed by atoms with E-state index < -0.39 is 5.97 Å². The molecule has 0 amide bonds. The van der Waals surface area contributed by atoms with Gasteiger partial charge in [-0.25, -0.2) is 9.97 Å². The molecule has 0 bridgehead atoms. The smallest absolute Gasteiger partial charge is 0.306 e. The average molecular weight is 246 g/mol. The van der Waals surface area contributed by atoms with Crippen LogP contribution >= 0.6 is 0 Å². The topological polar surface area (TPSA) is 90.1 Å². The molecule has 1 aromatic heterocycles. The van der Waals surface area contributed by atoms with Crippen LogP contribution in [0.2, 0.25) is 0 Å². The lowest BCUT2D eigenvalue weighted by Crippen LogP contribution is -2.43. The highest BCUT2D eigenvalue weighted by Gasteiger charge is 2.31. The number of nitriles is 1. The number of carboxylic acid groups (broad SMARTS) is 1. The van der Waals surface area contributed by atoms with Crippen LogP contribution in [0.3, 0.4) is 0 Å². The molecule has 0 aromatic carbocycles. The van der Waals surface area contributed by atoms with Crippen LogP contribution in [-0.2, 0) is 4.79 Å². The van der Waals surface area contributed by atoms with E-state index >= 15 is 0 Å². The second-order valence-corrected chi connectivity index (χ2v) is 4.44. The second-order valence-electron chi connectivity index (χ2n) is 4.44. The minimum Gasteiger partial charge on any atom is -0.481 e. The maximum absolute atomic E-state index is 11.0.